The summed E-state index contributed by atoms with van der Waals surface area (Å²) in [6, 6.07) is 8.86. The molecule has 36 heavy (non-hydrogen) atoms. The summed E-state index contributed by atoms with van der Waals surface area (Å²) >= 11 is 0. The number of benzene rings is 2. The highest BCUT2D eigenvalue weighted by molar-refractivity contribution is 6.05. The molecule has 1 heterocycles. The van der Waals surface area contributed by atoms with Gasteiger partial charge in [-0.3, -0.25) is 9.59 Å². The van der Waals surface area contributed by atoms with Crippen LogP contribution in [0.5, 0.6) is 23.0 Å². The summed E-state index contributed by atoms with van der Waals surface area (Å²) in [5, 5.41) is 3.04. The number of nitrogens with zero attached hydrogens (tertiary/aromatic N) is 1. The molecule has 2 aromatic rings. The highest BCUT2D eigenvalue weighted by Crippen LogP contribution is 2.41. The van der Waals surface area contributed by atoms with Crippen molar-refractivity contribution in [2.75, 3.05) is 40.3 Å². The first-order chi connectivity index (χ1) is 17.5. The molecular weight excluding hydrogens is 460 g/mol. The van der Waals surface area contributed by atoms with E-state index in [-0.39, 0.29) is 23.8 Å². The number of carbonyl (C=O) groups excluding carboxylic acids is 2. The average molecular weight is 497 g/mol. The predicted molar refractivity (Wildman–Crippen MR) is 137 cm³/mol. The molecule has 2 fully saturated rings. The second-order valence-corrected chi connectivity index (χ2v) is 9.34. The summed E-state index contributed by atoms with van der Waals surface area (Å²) in [5.41, 5.74) is 1.76. The third-order valence-electron chi connectivity index (χ3n) is 7.30. The van der Waals surface area contributed by atoms with E-state index in [4.69, 9.17) is 18.9 Å². The summed E-state index contributed by atoms with van der Waals surface area (Å²) in [7, 11) is 6.30. The summed E-state index contributed by atoms with van der Waals surface area (Å²) < 4.78 is 21.9. The van der Waals surface area contributed by atoms with Gasteiger partial charge in [0, 0.05) is 30.2 Å². The van der Waals surface area contributed by atoms with Gasteiger partial charge in [0.1, 0.15) is 11.5 Å². The molecule has 8 heteroatoms. The highest BCUT2D eigenvalue weighted by Gasteiger charge is 2.34. The molecule has 0 spiro atoms. The highest BCUT2D eigenvalue weighted by atomic mass is 16.5. The van der Waals surface area contributed by atoms with Gasteiger partial charge in [0.25, 0.3) is 5.91 Å². The van der Waals surface area contributed by atoms with Crippen LogP contribution >= 0.6 is 0 Å². The number of hydrogen-bond donors (Lipinski definition) is 1. The number of rotatable bonds is 8. The number of carbonyl (C=O) groups is 2. The Morgan fingerprint density at radius 3 is 2.17 bits per heavy atom. The third-order valence-corrected chi connectivity index (χ3v) is 7.30. The first kappa shape index (κ1) is 25.7. The second-order valence-electron chi connectivity index (χ2n) is 9.34. The maximum absolute atomic E-state index is 14.0. The van der Waals surface area contributed by atoms with Crippen molar-refractivity contribution in [1.29, 1.82) is 0 Å². The molecule has 1 saturated carbocycles. The molecule has 1 saturated heterocycles. The van der Waals surface area contributed by atoms with E-state index in [1.165, 1.54) is 7.11 Å². The van der Waals surface area contributed by atoms with Crippen LogP contribution in [0.1, 0.15) is 66.9 Å². The van der Waals surface area contributed by atoms with Crippen molar-refractivity contribution in [3.63, 3.8) is 0 Å². The van der Waals surface area contributed by atoms with E-state index < -0.39 is 0 Å². The first-order valence-electron chi connectivity index (χ1n) is 12.6. The van der Waals surface area contributed by atoms with E-state index in [1.807, 2.05) is 23.1 Å². The molecule has 1 N–H and O–H groups in total. The van der Waals surface area contributed by atoms with Gasteiger partial charge in [0.15, 0.2) is 11.5 Å². The molecule has 2 aromatic carbocycles. The van der Waals surface area contributed by atoms with E-state index >= 15 is 0 Å². The fourth-order valence-electron chi connectivity index (χ4n) is 5.34. The van der Waals surface area contributed by atoms with E-state index in [0.717, 1.165) is 50.5 Å². The number of ether oxygens (including phenoxy) is 4. The lowest BCUT2D eigenvalue weighted by atomic mass is 9.88. The molecule has 1 aliphatic carbocycles. The van der Waals surface area contributed by atoms with Crippen LogP contribution in [0.25, 0.3) is 0 Å². The van der Waals surface area contributed by atoms with Crippen LogP contribution in [0.2, 0.25) is 0 Å². The topological polar surface area (TPSA) is 86.3 Å². The largest absolute Gasteiger partial charge is 0.497 e. The fourth-order valence-corrected chi connectivity index (χ4v) is 5.34. The Labute approximate surface area is 212 Å². The van der Waals surface area contributed by atoms with Gasteiger partial charge in [-0.1, -0.05) is 19.3 Å². The van der Waals surface area contributed by atoms with Gasteiger partial charge in [-0.05, 0) is 43.9 Å². The number of likely N-dealkylation sites (tertiary alicyclic amines) is 1. The van der Waals surface area contributed by atoms with Crippen molar-refractivity contribution in [3.05, 3.63) is 41.5 Å². The summed E-state index contributed by atoms with van der Waals surface area (Å²) in [6.45, 7) is 0.600. The Hall–Kier alpha value is -3.42. The molecule has 1 aliphatic heterocycles. The Bertz CT molecular complexity index is 1100. The Morgan fingerprint density at radius 1 is 0.806 bits per heavy atom. The van der Waals surface area contributed by atoms with E-state index in [1.54, 1.807) is 33.5 Å². The van der Waals surface area contributed by atoms with E-state index in [9.17, 15) is 9.59 Å². The first-order valence-corrected chi connectivity index (χ1v) is 12.6. The van der Waals surface area contributed by atoms with Gasteiger partial charge < -0.3 is 29.2 Å². The van der Waals surface area contributed by atoms with Crippen molar-refractivity contribution in [2.45, 2.75) is 51.0 Å². The normalized spacial score (nSPS) is 18.0. The van der Waals surface area contributed by atoms with Crippen molar-refractivity contribution < 1.29 is 28.5 Å². The summed E-state index contributed by atoms with van der Waals surface area (Å²) in [6.07, 6.45) is 6.68. The van der Waals surface area contributed by atoms with Crippen LogP contribution in [0, 0.1) is 5.92 Å². The fraction of sp³-hybridized carbons (Fsp3) is 0.500. The maximum Gasteiger partial charge on any atom is 0.256 e. The van der Waals surface area contributed by atoms with Crippen LogP contribution in [0.15, 0.2) is 30.3 Å². The number of hydrogen-bond acceptors (Lipinski definition) is 6. The molecule has 2 amide bonds. The SMILES string of the molecule is COc1ccc([C@H]2CCCN2C(=O)c2cc(OC)c(OC)cc2NC(=O)C2CCCCC2)c(OC)c1. The number of nitrogens with one attached hydrogen (secondary N) is 1. The van der Waals surface area contributed by atoms with Gasteiger partial charge in [0.05, 0.1) is 45.7 Å². The number of amides is 2. The molecule has 0 unspecified atom stereocenters. The monoisotopic (exact) mass is 496 g/mol. The zero-order valence-electron chi connectivity index (χ0n) is 21.6. The molecule has 2 aliphatic rings. The Balaban J connectivity index is 1.68. The lowest BCUT2D eigenvalue weighted by Gasteiger charge is -2.28. The minimum absolute atomic E-state index is 0.0436. The smallest absolute Gasteiger partial charge is 0.256 e. The average Bonchev–Trinajstić information content (AvgIpc) is 3.42. The molecular formula is C28H36N2O6. The van der Waals surface area contributed by atoms with Crippen LogP contribution < -0.4 is 24.3 Å². The quantitative estimate of drug-likeness (QED) is 0.540. The standard InChI is InChI=1S/C28H36N2O6/c1-33-19-12-13-20(24(15-19)34-2)23-11-8-14-30(23)28(32)21-16-25(35-3)26(36-4)17-22(21)29-27(31)18-9-6-5-7-10-18/h12-13,15-18,23H,5-11,14H2,1-4H3,(H,29,31)/t23-/m1/s1. The Kier molecular flexibility index (Phi) is 8.23. The van der Waals surface area contributed by atoms with Gasteiger partial charge in [-0.25, -0.2) is 0 Å². The zero-order valence-corrected chi connectivity index (χ0v) is 21.6. The predicted octanol–water partition coefficient (Wildman–Crippen LogP) is 5.22. The third kappa shape index (κ3) is 5.22. The lowest BCUT2D eigenvalue weighted by Crippen LogP contribution is -2.32. The molecule has 1 atom stereocenters. The minimum atomic E-state index is -0.171. The summed E-state index contributed by atoms with van der Waals surface area (Å²) in [4.78, 5) is 29.0. The second kappa shape index (κ2) is 11.5. The van der Waals surface area contributed by atoms with Crippen LogP contribution in [-0.4, -0.2) is 51.7 Å². The molecule has 194 valence electrons. The molecule has 4 rings (SSSR count). The molecule has 0 radical (unpaired) electrons. The van der Waals surface area contributed by atoms with Gasteiger partial charge >= 0.3 is 0 Å². The van der Waals surface area contributed by atoms with Gasteiger partial charge in [0.2, 0.25) is 5.91 Å². The zero-order chi connectivity index (χ0) is 25.7. The van der Waals surface area contributed by atoms with E-state index in [0.29, 0.717) is 40.8 Å². The van der Waals surface area contributed by atoms with Crippen molar-refractivity contribution in [1.82, 2.24) is 4.90 Å². The number of methoxy groups -OCH3 is 4. The van der Waals surface area contributed by atoms with Crippen LogP contribution in [-0.2, 0) is 4.79 Å². The molecule has 0 bridgehead atoms. The van der Waals surface area contributed by atoms with Crippen LogP contribution in [0.4, 0.5) is 5.69 Å². The molecule has 8 nitrogen and oxygen atoms in total. The van der Waals surface area contributed by atoms with Crippen molar-refractivity contribution in [3.8, 4) is 23.0 Å². The van der Waals surface area contributed by atoms with Gasteiger partial charge in [-0.2, -0.15) is 0 Å². The molecule has 0 aromatic heterocycles. The lowest BCUT2D eigenvalue weighted by molar-refractivity contribution is -0.120. The van der Waals surface area contributed by atoms with Crippen molar-refractivity contribution in [2.24, 2.45) is 5.92 Å². The van der Waals surface area contributed by atoms with E-state index in [2.05, 4.69) is 5.32 Å². The number of anilines is 1. The maximum atomic E-state index is 14.0. The minimum Gasteiger partial charge on any atom is -0.497 e. The van der Waals surface area contributed by atoms with Crippen LogP contribution in [0.3, 0.4) is 0 Å². The summed E-state index contributed by atoms with van der Waals surface area (Å²) in [5.74, 6) is 2.01. The van der Waals surface area contributed by atoms with Crippen molar-refractivity contribution >= 4 is 17.5 Å². The Morgan fingerprint density at radius 2 is 1.50 bits per heavy atom. The van der Waals surface area contributed by atoms with Gasteiger partial charge in [-0.15, -0.1) is 0 Å².